The number of hydrogen-bond acceptors (Lipinski definition) is 8. The van der Waals surface area contributed by atoms with Crippen molar-refractivity contribution in [3.63, 3.8) is 0 Å². The molecule has 10 nitrogen and oxygen atoms in total. The zero-order valence-corrected chi connectivity index (χ0v) is 22.3. The predicted molar refractivity (Wildman–Crippen MR) is 144 cm³/mol. The Labute approximate surface area is 224 Å². The highest BCUT2D eigenvalue weighted by Gasteiger charge is 2.35. The molecular weight excluding hydrogens is 537 g/mol. The Balaban J connectivity index is 0.000000631. The Morgan fingerprint density at radius 3 is 2.46 bits per heavy atom. The van der Waals surface area contributed by atoms with Gasteiger partial charge in [0.1, 0.15) is 11.4 Å². The molecule has 1 aliphatic heterocycles. The van der Waals surface area contributed by atoms with Gasteiger partial charge in [0.2, 0.25) is 11.9 Å². The predicted octanol–water partition coefficient (Wildman–Crippen LogP) is 4.98. The molecule has 0 saturated heterocycles. The quantitative estimate of drug-likeness (QED) is 0.238. The van der Waals surface area contributed by atoms with Gasteiger partial charge in [-0.2, -0.15) is 26.6 Å². The number of rotatable bonds is 8. The number of anilines is 5. The van der Waals surface area contributed by atoms with Crippen molar-refractivity contribution in [3.8, 4) is 0 Å². The van der Waals surface area contributed by atoms with E-state index in [-0.39, 0.29) is 36.4 Å². The first kappa shape index (κ1) is 29.6. The molecule has 0 unspecified atom stereocenters. The van der Waals surface area contributed by atoms with E-state index in [4.69, 9.17) is 4.55 Å². The number of aromatic nitrogens is 2. The second-order valence-corrected chi connectivity index (χ2v) is 10.3. The van der Waals surface area contributed by atoms with E-state index in [1.165, 1.54) is 6.92 Å². The van der Waals surface area contributed by atoms with E-state index in [2.05, 4.69) is 31.2 Å². The zero-order chi connectivity index (χ0) is 28.8. The van der Waals surface area contributed by atoms with Crippen molar-refractivity contribution in [1.82, 2.24) is 9.97 Å². The summed E-state index contributed by atoms with van der Waals surface area (Å²) >= 11 is 0. The van der Waals surface area contributed by atoms with Gasteiger partial charge in [0.25, 0.3) is 10.1 Å². The molecule has 0 saturated carbocycles. The van der Waals surface area contributed by atoms with Gasteiger partial charge in [-0.05, 0) is 61.7 Å². The van der Waals surface area contributed by atoms with Crippen LogP contribution in [0.1, 0.15) is 36.1 Å². The molecule has 4 rings (SSSR count). The van der Waals surface area contributed by atoms with Crippen LogP contribution in [0.15, 0.2) is 42.6 Å². The zero-order valence-electron chi connectivity index (χ0n) is 21.5. The lowest BCUT2D eigenvalue weighted by Gasteiger charge is -2.17. The van der Waals surface area contributed by atoms with E-state index >= 15 is 0 Å². The molecule has 0 fully saturated rings. The summed E-state index contributed by atoms with van der Waals surface area (Å²) in [5, 5.41) is 11.7. The summed E-state index contributed by atoms with van der Waals surface area (Å²) in [5.74, 6) is -0.612. The Morgan fingerprint density at radius 1 is 1.10 bits per heavy atom. The van der Waals surface area contributed by atoms with E-state index in [1.54, 1.807) is 18.2 Å². The second kappa shape index (κ2) is 12.3. The standard InChI is InChI=1S/C23H23F3N6O.C2H6O3S/c1-3-27-19-8-13(2)4-5-14(19)11-28-21-17(23(24,25)26)12-29-22(32-21)30-16-6-7-18-15(9-16)10-20(33)31-18;1-2-6(3,4)5/h4-9,12,27H,3,10-11H2,1-2H3,(H,31,33)(H2,28,29,30,32);2H2,1H3,(H,3,4,5). The maximum Gasteiger partial charge on any atom is 0.421 e. The molecule has 3 aromatic rings. The normalized spacial score (nSPS) is 12.6. The van der Waals surface area contributed by atoms with Gasteiger partial charge in [0, 0.05) is 36.3 Å². The molecule has 210 valence electrons. The molecule has 0 aliphatic carbocycles. The summed E-state index contributed by atoms with van der Waals surface area (Å²) in [6, 6.07) is 10.9. The number of carbonyl (C=O) groups excluding carboxylic acids is 1. The smallest absolute Gasteiger partial charge is 0.385 e. The van der Waals surface area contributed by atoms with Crippen molar-refractivity contribution >= 4 is 44.9 Å². The van der Waals surface area contributed by atoms with Crippen molar-refractivity contribution < 1.29 is 30.9 Å². The van der Waals surface area contributed by atoms with Crippen molar-refractivity contribution in [1.29, 1.82) is 0 Å². The van der Waals surface area contributed by atoms with Gasteiger partial charge in [-0.25, -0.2) is 4.98 Å². The maximum absolute atomic E-state index is 13.6. The molecule has 0 radical (unpaired) electrons. The Kier molecular flexibility index (Phi) is 9.35. The second-order valence-electron chi connectivity index (χ2n) is 8.59. The third-order valence-corrected chi connectivity index (χ3v) is 6.25. The molecule has 5 N–H and O–H groups in total. The van der Waals surface area contributed by atoms with Gasteiger partial charge in [0.05, 0.1) is 12.2 Å². The summed E-state index contributed by atoms with van der Waals surface area (Å²) in [6.07, 6.45) is -3.61. The molecule has 2 heterocycles. The molecule has 1 aliphatic rings. The highest BCUT2D eigenvalue weighted by atomic mass is 32.2. The van der Waals surface area contributed by atoms with Crippen LogP contribution in [0.25, 0.3) is 0 Å². The van der Waals surface area contributed by atoms with Crippen molar-refractivity contribution in [2.45, 2.75) is 39.9 Å². The minimum absolute atomic E-state index is 0.0125. The number of halogens is 3. The van der Waals surface area contributed by atoms with E-state index in [9.17, 15) is 26.4 Å². The van der Waals surface area contributed by atoms with Crippen LogP contribution >= 0.6 is 0 Å². The Bertz CT molecular complexity index is 1450. The topological polar surface area (TPSA) is 145 Å². The third kappa shape index (κ3) is 8.55. The van der Waals surface area contributed by atoms with Crippen LogP contribution in [0.5, 0.6) is 0 Å². The number of amides is 1. The summed E-state index contributed by atoms with van der Waals surface area (Å²) < 4.78 is 67.7. The third-order valence-electron chi connectivity index (χ3n) is 5.52. The molecular formula is C25H29F3N6O4S. The van der Waals surface area contributed by atoms with Crippen LogP contribution in [-0.2, 0) is 34.1 Å². The average molecular weight is 567 g/mol. The number of nitrogens with one attached hydrogen (secondary N) is 4. The first-order valence-corrected chi connectivity index (χ1v) is 13.6. The van der Waals surface area contributed by atoms with E-state index < -0.39 is 21.9 Å². The molecule has 39 heavy (non-hydrogen) atoms. The van der Waals surface area contributed by atoms with Crippen molar-refractivity contribution in [3.05, 3.63) is 64.8 Å². The van der Waals surface area contributed by atoms with Gasteiger partial charge in [-0.1, -0.05) is 12.1 Å². The minimum Gasteiger partial charge on any atom is -0.385 e. The molecule has 1 amide bonds. The monoisotopic (exact) mass is 566 g/mol. The number of carbonyl (C=O) groups is 1. The van der Waals surface area contributed by atoms with Crippen LogP contribution in [0, 0.1) is 6.92 Å². The highest BCUT2D eigenvalue weighted by Crippen LogP contribution is 2.35. The largest absolute Gasteiger partial charge is 0.421 e. The van der Waals surface area contributed by atoms with Crippen molar-refractivity contribution in [2.24, 2.45) is 0 Å². The number of aryl methyl sites for hydroxylation is 1. The lowest BCUT2D eigenvalue weighted by atomic mass is 10.1. The highest BCUT2D eigenvalue weighted by molar-refractivity contribution is 7.85. The summed E-state index contributed by atoms with van der Waals surface area (Å²) in [7, 11) is -3.66. The molecule has 2 aromatic carbocycles. The fourth-order valence-electron chi connectivity index (χ4n) is 3.60. The Hall–Kier alpha value is -3.91. The van der Waals surface area contributed by atoms with Crippen molar-refractivity contribution in [2.75, 3.05) is 33.6 Å². The number of benzene rings is 2. The number of nitrogens with zero attached hydrogens (tertiary/aromatic N) is 2. The van der Waals surface area contributed by atoms with Crippen LogP contribution in [-0.4, -0.2) is 41.1 Å². The average Bonchev–Trinajstić information content (AvgIpc) is 3.22. The van der Waals surface area contributed by atoms with Gasteiger partial charge in [-0.3, -0.25) is 9.35 Å². The summed E-state index contributed by atoms with van der Waals surface area (Å²) in [5.41, 5.74) is 3.86. The lowest BCUT2D eigenvalue weighted by Crippen LogP contribution is -2.15. The first-order valence-electron chi connectivity index (χ1n) is 12.0. The summed E-state index contributed by atoms with van der Waals surface area (Å²) in [6.45, 7) is 6.11. The molecule has 0 spiro atoms. The maximum atomic E-state index is 13.6. The molecule has 0 atom stereocenters. The first-order chi connectivity index (χ1) is 18.3. The molecule has 1 aromatic heterocycles. The van der Waals surface area contributed by atoms with Crippen LogP contribution in [0.4, 0.5) is 42.0 Å². The molecule has 0 bridgehead atoms. The van der Waals surface area contributed by atoms with Gasteiger partial charge >= 0.3 is 6.18 Å². The Morgan fingerprint density at radius 2 is 1.82 bits per heavy atom. The van der Waals surface area contributed by atoms with Gasteiger partial charge in [0.15, 0.2) is 0 Å². The fourth-order valence-corrected chi connectivity index (χ4v) is 3.60. The van der Waals surface area contributed by atoms with Crippen LogP contribution < -0.4 is 21.3 Å². The number of alkyl halides is 3. The van der Waals surface area contributed by atoms with Gasteiger partial charge < -0.3 is 21.3 Å². The van der Waals surface area contributed by atoms with Crippen LogP contribution in [0.2, 0.25) is 0 Å². The van der Waals surface area contributed by atoms with Crippen LogP contribution in [0.3, 0.4) is 0 Å². The fraction of sp³-hybridized carbons (Fsp3) is 0.320. The van der Waals surface area contributed by atoms with Gasteiger partial charge in [-0.15, -0.1) is 0 Å². The number of fused-ring (bicyclic) bond motifs is 1. The van der Waals surface area contributed by atoms with E-state index in [1.807, 2.05) is 32.0 Å². The van der Waals surface area contributed by atoms with E-state index in [0.717, 1.165) is 34.3 Å². The lowest BCUT2D eigenvalue weighted by molar-refractivity contribution is -0.137. The molecule has 14 heteroatoms. The minimum atomic E-state index is -4.61. The SMILES string of the molecule is CCNc1cc(C)ccc1CNc1nc(Nc2ccc3c(c2)CC(=O)N3)ncc1C(F)(F)F.CCS(=O)(=O)O. The number of hydrogen-bond donors (Lipinski definition) is 5. The van der Waals surface area contributed by atoms with E-state index in [0.29, 0.717) is 12.2 Å². The summed E-state index contributed by atoms with van der Waals surface area (Å²) in [4.78, 5) is 19.5.